The number of aromatic hydroxyl groups is 1. The summed E-state index contributed by atoms with van der Waals surface area (Å²) in [5.74, 6) is -0.0600. The van der Waals surface area contributed by atoms with Crippen molar-refractivity contribution in [1.29, 1.82) is 5.26 Å². The van der Waals surface area contributed by atoms with E-state index in [2.05, 4.69) is 0 Å². The predicted molar refractivity (Wildman–Crippen MR) is 71.3 cm³/mol. The summed E-state index contributed by atoms with van der Waals surface area (Å²) in [6, 6.07) is 7.64. The van der Waals surface area contributed by atoms with Gasteiger partial charge in [-0.2, -0.15) is 5.26 Å². The Bertz CT molecular complexity index is 544. The Hall–Kier alpha value is -1.73. The van der Waals surface area contributed by atoms with Crippen LogP contribution in [-0.4, -0.2) is 62.8 Å². The fourth-order valence-corrected chi connectivity index (χ4v) is 2.19. The quantitative estimate of drug-likeness (QED) is 0.465. The first kappa shape index (κ1) is 16.6. The number of nitriles is 1. The molecule has 8 nitrogen and oxygen atoms in total. The smallest absolute Gasteiger partial charge is 0.188 e. The van der Waals surface area contributed by atoms with E-state index in [-0.39, 0.29) is 5.75 Å². The van der Waals surface area contributed by atoms with Crippen LogP contribution in [0.3, 0.4) is 0 Å². The van der Waals surface area contributed by atoms with Crippen LogP contribution in [-0.2, 0) is 9.47 Å². The fraction of sp³-hybridized carbons (Fsp3) is 0.500. The molecule has 1 heterocycles. The maximum atomic E-state index is 9.87. The molecule has 1 saturated heterocycles. The van der Waals surface area contributed by atoms with Crippen LogP contribution in [0, 0.1) is 11.3 Å². The van der Waals surface area contributed by atoms with Gasteiger partial charge in [-0.15, -0.1) is 0 Å². The van der Waals surface area contributed by atoms with E-state index in [4.69, 9.17) is 14.6 Å². The van der Waals surface area contributed by atoms with Gasteiger partial charge in [-0.25, -0.2) is 0 Å². The molecule has 0 saturated carbocycles. The first-order valence-corrected chi connectivity index (χ1v) is 6.62. The second-order valence-corrected chi connectivity index (χ2v) is 4.94. The lowest BCUT2D eigenvalue weighted by Gasteiger charge is -2.40. The Labute approximate surface area is 126 Å². The van der Waals surface area contributed by atoms with Crippen LogP contribution in [0.1, 0.15) is 11.7 Å². The average molecular weight is 311 g/mol. The first-order chi connectivity index (χ1) is 10.5. The SMILES string of the molecule is N#C[C@H](O[C@H]1O[C@H](CO)[C@@H](O)[C@H](O)[C@@H]1O)c1cccc(O)c1. The molecule has 120 valence electrons. The molecule has 0 unspecified atom stereocenters. The maximum Gasteiger partial charge on any atom is 0.188 e. The van der Waals surface area contributed by atoms with Gasteiger partial charge >= 0.3 is 0 Å². The number of phenols is 1. The van der Waals surface area contributed by atoms with Crippen molar-refractivity contribution >= 4 is 0 Å². The van der Waals surface area contributed by atoms with Gasteiger partial charge in [-0.1, -0.05) is 12.1 Å². The minimum atomic E-state index is -1.59. The van der Waals surface area contributed by atoms with Gasteiger partial charge in [0.25, 0.3) is 0 Å². The summed E-state index contributed by atoms with van der Waals surface area (Å²) in [7, 11) is 0. The van der Waals surface area contributed by atoms with Gasteiger partial charge in [-0.05, 0) is 17.7 Å². The van der Waals surface area contributed by atoms with Gasteiger partial charge in [0.1, 0.15) is 30.2 Å². The Balaban J connectivity index is 2.15. The van der Waals surface area contributed by atoms with E-state index in [1.807, 2.05) is 6.07 Å². The number of benzene rings is 1. The Kier molecular flexibility index (Phi) is 5.31. The number of hydrogen-bond acceptors (Lipinski definition) is 8. The second-order valence-electron chi connectivity index (χ2n) is 4.94. The normalized spacial score (nSPS) is 33.1. The molecule has 2 rings (SSSR count). The van der Waals surface area contributed by atoms with E-state index in [1.165, 1.54) is 24.3 Å². The van der Waals surface area contributed by atoms with E-state index in [0.717, 1.165) is 0 Å². The summed E-state index contributed by atoms with van der Waals surface area (Å²) in [6.45, 7) is -0.589. The number of phenolic OH excluding ortho intramolecular Hbond substituents is 1. The summed E-state index contributed by atoms with van der Waals surface area (Å²) in [4.78, 5) is 0. The molecule has 0 aromatic heterocycles. The van der Waals surface area contributed by atoms with Crippen LogP contribution in [0.25, 0.3) is 0 Å². The largest absolute Gasteiger partial charge is 0.508 e. The minimum Gasteiger partial charge on any atom is -0.508 e. The highest BCUT2D eigenvalue weighted by Gasteiger charge is 2.45. The van der Waals surface area contributed by atoms with Crippen LogP contribution in [0.15, 0.2) is 24.3 Å². The molecule has 6 atom stereocenters. The molecule has 8 heteroatoms. The molecule has 1 aromatic rings. The molecule has 0 amide bonds. The average Bonchev–Trinajstić information content (AvgIpc) is 2.52. The Morgan fingerprint density at radius 1 is 1.23 bits per heavy atom. The van der Waals surface area contributed by atoms with Crippen molar-refractivity contribution in [3.05, 3.63) is 29.8 Å². The highest BCUT2D eigenvalue weighted by molar-refractivity contribution is 5.31. The first-order valence-electron chi connectivity index (χ1n) is 6.62. The molecular weight excluding hydrogens is 294 g/mol. The number of nitrogens with zero attached hydrogens (tertiary/aromatic N) is 1. The second kappa shape index (κ2) is 7.02. The third-order valence-electron chi connectivity index (χ3n) is 3.41. The van der Waals surface area contributed by atoms with Crippen LogP contribution < -0.4 is 0 Å². The van der Waals surface area contributed by atoms with Crippen molar-refractivity contribution in [2.75, 3.05) is 6.61 Å². The van der Waals surface area contributed by atoms with Crippen LogP contribution in [0.5, 0.6) is 5.75 Å². The third kappa shape index (κ3) is 3.36. The number of rotatable bonds is 4. The molecule has 0 aliphatic carbocycles. The van der Waals surface area contributed by atoms with Crippen molar-refractivity contribution in [1.82, 2.24) is 0 Å². The monoisotopic (exact) mass is 311 g/mol. The lowest BCUT2D eigenvalue weighted by Crippen LogP contribution is -2.59. The molecule has 1 aliphatic rings. The molecule has 1 aromatic carbocycles. The lowest BCUT2D eigenvalue weighted by molar-refractivity contribution is -0.307. The van der Waals surface area contributed by atoms with Gasteiger partial charge in [0.15, 0.2) is 12.4 Å². The lowest BCUT2D eigenvalue weighted by atomic mass is 9.99. The number of aliphatic hydroxyl groups excluding tert-OH is 4. The zero-order chi connectivity index (χ0) is 16.3. The summed E-state index contributed by atoms with van der Waals surface area (Å²) < 4.78 is 10.5. The molecule has 22 heavy (non-hydrogen) atoms. The zero-order valence-corrected chi connectivity index (χ0v) is 11.5. The molecular formula is C14H17NO7. The van der Waals surface area contributed by atoms with Crippen molar-refractivity contribution in [3.63, 3.8) is 0 Å². The van der Waals surface area contributed by atoms with Crippen molar-refractivity contribution in [2.24, 2.45) is 0 Å². The molecule has 5 N–H and O–H groups in total. The third-order valence-corrected chi connectivity index (χ3v) is 3.41. The van der Waals surface area contributed by atoms with E-state index in [9.17, 15) is 25.7 Å². The van der Waals surface area contributed by atoms with Crippen molar-refractivity contribution in [3.8, 4) is 11.8 Å². The topological polar surface area (TPSA) is 143 Å². The van der Waals surface area contributed by atoms with E-state index < -0.39 is 43.4 Å². The fourth-order valence-electron chi connectivity index (χ4n) is 2.19. The number of hydrogen-bond donors (Lipinski definition) is 5. The summed E-state index contributed by atoms with van der Waals surface area (Å²) in [5.41, 5.74) is 0.333. The molecule has 0 bridgehead atoms. The van der Waals surface area contributed by atoms with Crippen molar-refractivity contribution in [2.45, 2.75) is 36.8 Å². The van der Waals surface area contributed by atoms with E-state index in [1.54, 1.807) is 0 Å². The maximum absolute atomic E-state index is 9.87. The molecule has 0 radical (unpaired) electrons. The molecule has 0 spiro atoms. The van der Waals surface area contributed by atoms with Gasteiger partial charge in [-0.3, -0.25) is 0 Å². The predicted octanol–water partition coefficient (Wildman–Crippen LogP) is -1.23. The summed E-state index contributed by atoms with van der Waals surface area (Å²) in [5, 5.41) is 56.9. The summed E-state index contributed by atoms with van der Waals surface area (Å²) >= 11 is 0. The van der Waals surface area contributed by atoms with Crippen LogP contribution >= 0.6 is 0 Å². The van der Waals surface area contributed by atoms with E-state index in [0.29, 0.717) is 5.56 Å². The standard InChI is InChI=1S/C14H17NO7/c15-5-9(7-2-1-3-8(17)4-7)21-14-13(20)12(19)11(18)10(6-16)22-14/h1-4,9-14,16-20H,6H2/t9-,10+,11+,12-,13-,14-/m0/s1. The Morgan fingerprint density at radius 3 is 2.55 bits per heavy atom. The number of aliphatic hydroxyl groups is 4. The number of ether oxygens (including phenoxy) is 2. The Morgan fingerprint density at radius 2 is 1.95 bits per heavy atom. The van der Waals surface area contributed by atoms with Gasteiger partial charge in [0, 0.05) is 0 Å². The molecule has 1 aliphatic heterocycles. The van der Waals surface area contributed by atoms with Gasteiger partial charge in [0.05, 0.1) is 12.7 Å². The van der Waals surface area contributed by atoms with Crippen LogP contribution in [0.2, 0.25) is 0 Å². The van der Waals surface area contributed by atoms with Crippen LogP contribution in [0.4, 0.5) is 0 Å². The van der Waals surface area contributed by atoms with E-state index >= 15 is 0 Å². The van der Waals surface area contributed by atoms with Crippen molar-refractivity contribution < 1.29 is 35.0 Å². The molecule has 1 fully saturated rings. The highest BCUT2D eigenvalue weighted by Crippen LogP contribution is 2.28. The van der Waals surface area contributed by atoms with Gasteiger partial charge in [0.2, 0.25) is 0 Å². The van der Waals surface area contributed by atoms with Gasteiger partial charge < -0.3 is 35.0 Å². The minimum absolute atomic E-state index is 0.0600. The highest BCUT2D eigenvalue weighted by atomic mass is 16.7. The zero-order valence-electron chi connectivity index (χ0n) is 11.5. The summed E-state index contributed by atoms with van der Waals surface area (Å²) in [6.07, 6.45) is -8.38.